The molecule has 2 heterocycles. The Morgan fingerprint density at radius 1 is 1.28 bits per heavy atom. The van der Waals surface area contributed by atoms with E-state index in [0.29, 0.717) is 31.2 Å². The smallest absolute Gasteiger partial charge is 0.251 e. The molecule has 0 saturated carbocycles. The lowest BCUT2D eigenvalue weighted by Crippen LogP contribution is -2.41. The Hall–Kier alpha value is -2.67. The van der Waals surface area contributed by atoms with Crippen molar-refractivity contribution in [1.29, 1.82) is 0 Å². The number of aliphatic hydroxyl groups is 1. The predicted octanol–water partition coefficient (Wildman–Crippen LogP) is 1.10. The van der Waals surface area contributed by atoms with E-state index in [1.165, 1.54) is 0 Å². The van der Waals surface area contributed by atoms with Crippen molar-refractivity contribution >= 4 is 11.9 Å². The number of nitrogens with zero attached hydrogens (tertiary/aromatic N) is 3. The molecule has 7 heteroatoms. The van der Waals surface area contributed by atoms with Gasteiger partial charge in [0.2, 0.25) is 5.95 Å². The van der Waals surface area contributed by atoms with Crippen molar-refractivity contribution in [3.63, 3.8) is 0 Å². The largest absolute Gasteiger partial charge is 0.494 e. The van der Waals surface area contributed by atoms with E-state index < -0.39 is 0 Å². The van der Waals surface area contributed by atoms with Crippen molar-refractivity contribution in [2.24, 2.45) is 5.92 Å². The molecular formula is C18H22N4O3. The summed E-state index contributed by atoms with van der Waals surface area (Å²) >= 11 is 0. The van der Waals surface area contributed by atoms with Crippen LogP contribution < -0.4 is 15.0 Å². The number of hydrogen-bond acceptors (Lipinski definition) is 6. The van der Waals surface area contributed by atoms with Crippen LogP contribution in [0.5, 0.6) is 5.75 Å². The average Bonchev–Trinajstić information content (AvgIpc) is 3.06. The molecule has 132 valence electrons. The molecule has 25 heavy (non-hydrogen) atoms. The van der Waals surface area contributed by atoms with Crippen LogP contribution in [0.2, 0.25) is 0 Å². The number of carbonyl (C=O) groups excluding carboxylic acids is 1. The second-order valence-corrected chi connectivity index (χ2v) is 5.93. The van der Waals surface area contributed by atoms with Gasteiger partial charge in [-0.3, -0.25) is 4.79 Å². The fourth-order valence-electron chi connectivity index (χ4n) is 2.96. The summed E-state index contributed by atoms with van der Waals surface area (Å²) in [6.07, 6.45) is 3.37. The second kappa shape index (κ2) is 7.94. The number of benzene rings is 1. The monoisotopic (exact) mass is 342 g/mol. The summed E-state index contributed by atoms with van der Waals surface area (Å²) in [5, 5.41) is 12.7. The fraction of sp³-hybridized carbons (Fsp3) is 0.389. The summed E-state index contributed by atoms with van der Waals surface area (Å²) in [6, 6.07) is 8.63. The van der Waals surface area contributed by atoms with Crippen LogP contribution in [0, 0.1) is 5.92 Å². The molecular weight excluding hydrogens is 320 g/mol. The Morgan fingerprint density at radius 2 is 2.00 bits per heavy atom. The van der Waals surface area contributed by atoms with Gasteiger partial charge in [0.1, 0.15) is 5.75 Å². The molecule has 1 fully saturated rings. The third-order valence-electron chi connectivity index (χ3n) is 4.25. The van der Waals surface area contributed by atoms with Crippen LogP contribution in [0.25, 0.3) is 0 Å². The van der Waals surface area contributed by atoms with E-state index in [-0.39, 0.29) is 24.5 Å². The second-order valence-electron chi connectivity index (χ2n) is 5.93. The molecule has 1 aromatic heterocycles. The molecule has 1 aliphatic rings. The van der Waals surface area contributed by atoms with Crippen LogP contribution in [0.4, 0.5) is 5.95 Å². The first-order valence-electron chi connectivity index (χ1n) is 8.37. The zero-order chi connectivity index (χ0) is 17.6. The molecule has 0 aliphatic carbocycles. The lowest BCUT2D eigenvalue weighted by molar-refractivity contribution is 0.0921. The first kappa shape index (κ1) is 17.2. The number of anilines is 1. The van der Waals surface area contributed by atoms with Crippen molar-refractivity contribution < 1.29 is 14.6 Å². The summed E-state index contributed by atoms with van der Waals surface area (Å²) in [7, 11) is 0. The Balaban J connectivity index is 1.65. The number of carbonyl (C=O) groups is 1. The van der Waals surface area contributed by atoms with Gasteiger partial charge in [-0.15, -0.1) is 0 Å². The fourth-order valence-corrected chi connectivity index (χ4v) is 2.96. The highest BCUT2D eigenvalue weighted by atomic mass is 16.5. The molecule has 3 rings (SSSR count). The van der Waals surface area contributed by atoms with E-state index in [1.807, 2.05) is 11.8 Å². The van der Waals surface area contributed by atoms with Crippen molar-refractivity contribution in [2.75, 3.05) is 31.2 Å². The lowest BCUT2D eigenvalue weighted by Gasteiger charge is -2.18. The minimum atomic E-state index is -0.165. The maximum Gasteiger partial charge on any atom is 0.251 e. The van der Waals surface area contributed by atoms with Gasteiger partial charge >= 0.3 is 0 Å². The van der Waals surface area contributed by atoms with E-state index in [4.69, 9.17) is 4.74 Å². The maximum absolute atomic E-state index is 12.5. The summed E-state index contributed by atoms with van der Waals surface area (Å²) in [5.41, 5.74) is 0.564. The van der Waals surface area contributed by atoms with Crippen LogP contribution in [-0.2, 0) is 0 Å². The van der Waals surface area contributed by atoms with Crippen molar-refractivity contribution in [1.82, 2.24) is 15.3 Å². The highest BCUT2D eigenvalue weighted by Gasteiger charge is 2.34. The normalized spacial score (nSPS) is 19.7. The summed E-state index contributed by atoms with van der Waals surface area (Å²) in [5.74, 6) is 1.12. The van der Waals surface area contributed by atoms with Gasteiger partial charge in [-0.1, -0.05) is 0 Å². The molecule has 1 aromatic carbocycles. The van der Waals surface area contributed by atoms with Crippen LogP contribution in [0.1, 0.15) is 17.3 Å². The molecule has 2 aromatic rings. The quantitative estimate of drug-likeness (QED) is 0.817. The highest BCUT2D eigenvalue weighted by Crippen LogP contribution is 2.21. The molecule has 7 nitrogen and oxygen atoms in total. The third-order valence-corrected chi connectivity index (χ3v) is 4.25. The number of hydrogen-bond donors (Lipinski definition) is 2. The van der Waals surface area contributed by atoms with Gasteiger partial charge in [-0.25, -0.2) is 9.97 Å². The topological polar surface area (TPSA) is 87.6 Å². The van der Waals surface area contributed by atoms with Gasteiger partial charge in [0, 0.05) is 43.6 Å². The van der Waals surface area contributed by atoms with Crippen molar-refractivity contribution in [3.05, 3.63) is 48.3 Å². The van der Waals surface area contributed by atoms with Gasteiger partial charge in [0.25, 0.3) is 5.91 Å². The highest BCUT2D eigenvalue weighted by molar-refractivity contribution is 5.94. The van der Waals surface area contributed by atoms with Crippen LogP contribution >= 0.6 is 0 Å². The minimum Gasteiger partial charge on any atom is -0.494 e. The van der Waals surface area contributed by atoms with Crippen LogP contribution in [-0.4, -0.2) is 53.3 Å². The Morgan fingerprint density at radius 3 is 2.64 bits per heavy atom. The van der Waals surface area contributed by atoms with Gasteiger partial charge in [-0.2, -0.15) is 0 Å². The summed E-state index contributed by atoms with van der Waals surface area (Å²) in [4.78, 5) is 22.9. The molecule has 1 saturated heterocycles. The molecule has 0 spiro atoms. The van der Waals surface area contributed by atoms with Crippen molar-refractivity contribution in [3.8, 4) is 5.75 Å². The molecule has 0 unspecified atom stereocenters. The molecule has 0 radical (unpaired) electrons. The van der Waals surface area contributed by atoms with Crippen LogP contribution in [0.3, 0.4) is 0 Å². The van der Waals surface area contributed by atoms with E-state index in [0.717, 1.165) is 5.75 Å². The number of amides is 1. The molecule has 0 bridgehead atoms. The summed E-state index contributed by atoms with van der Waals surface area (Å²) < 4.78 is 5.39. The standard InChI is InChI=1S/C18H22N4O3/c1-2-25-15-6-4-13(5-7-15)17(24)21-16-11-22(10-14(16)12-23)18-19-8-3-9-20-18/h3-9,14,16,23H,2,10-12H2,1H3,(H,21,24)/t14-,16+/m0/s1. The van der Waals surface area contributed by atoms with E-state index in [2.05, 4.69) is 15.3 Å². The van der Waals surface area contributed by atoms with E-state index in [9.17, 15) is 9.90 Å². The van der Waals surface area contributed by atoms with Gasteiger partial charge < -0.3 is 20.1 Å². The zero-order valence-corrected chi connectivity index (χ0v) is 14.1. The molecule has 1 aliphatic heterocycles. The van der Waals surface area contributed by atoms with Gasteiger partial charge in [0.15, 0.2) is 0 Å². The van der Waals surface area contributed by atoms with Crippen LogP contribution in [0.15, 0.2) is 42.7 Å². The minimum absolute atomic E-state index is 0.00242. The van der Waals surface area contributed by atoms with Gasteiger partial charge in [0.05, 0.1) is 12.6 Å². The first-order valence-corrected chi connectivity index (χ1v) is 8.37. The van der Waals surface area contributed by atoms with Gasteiger partial charge in [-0.05, 0) is 37.3 Å². The van der Waals surface area contributed by atoms with Crippen molar-refractivity contribution in [2.45, 2.75) is 13.0 Å². The number of nitrogens with one attached hydrogen (secondary N) is 1. The molecule has 2 atom stereocenters. The van der Waals surface area contributed by atoms with E-state index in [1.54, 1.807) is 42.7 Å². The summed E-state index contributed by atoms with van der Waals surface area (Å²) in [6.45, 7) is 3.67. The number of aliphatic hydroxyl groups excluding tert-OH is 1. The van der Waals surface area contributed by atoms with E-state index >= 15 is 0 Å². The maximum atomic E-state index is 12.5. The number of ether oxygens (including phenoxy) is 1. The molecule has 2 N–H and O–H groups in total. The SMILES string of the molecule is CCOc1ccc(C(=O)N[C@@H]2CN(c3ncccn3)C[C@H]2CO)cc1. The number of rotatable bonds is 6. The zero-order valence-electron chi connectivity index (χ0n) is 14.1. The number of aromatic nitrogens is 2. The average molecular weight is 342 g/mol. The Labute approximate surface area is 146 Å². The third kappa shape index (κ3) is 4.06. The predicted molar refractivity (Wildman–Crippen MR) is 93.7 cm³/mol. The molecule has 1 amide bonds. The lowest BCUT2D eigenvalue weighted by atomic mass is 10.0. The Kier molecular flexibility index (Phi) is 5.45. The Bertz CT molecular complexity index is 693. The first-order chi connectivity index (χ1) is 12.2.